The van der Waals surface area contributed by atoms with Gasteiger partial charge in [-0.1, -0.05) is 49.4 Å². The molecule has 0 spiro atoms. The van der Waals surface area contributed by atoms with Gasteiger partial charge in [0.15, 0.2) is 12.4 Å². The third kappa shape index (κ3) is 8.95. The largest absolute Gasteiger partial charge is 0.462 e. The van der Waals surface area contributed by atoms with Crippen LogP contribution >= 0.6 is 15.9 Å². The van der Waals surface area contributed by atoms with Crippen LogP contribution in [0.1, 0.15) is 47.3 Å². The zero-order valence-corrected chi connectivity index (χ0v) is 25.5. The fourth-order valence-electron chi connectivity index (χ4n) is 4.89. The average molecular weight is 639 g/mol. The Morgan fingerprint density at radius 3 is 2.64 bits per heavy atom. The summed E-state index contributed by atoms with van der Waals surface area (Å²) in [4.78, 5) is 40.2. The lowest BCUT2D eigenvalue weighted by atomic mass is 9.94. The molecule has 0 saturated heterocycles. The van der Waals surface area contributed by atoms with Gasteiger partial charge in [0.2, 0.25) is 5.91 Å². The van der Waals surface area contributed by atoms with Gasteiger partial charge in [-0.25, -0.2) is 9.36 Å². The lowest BCUT2D eigenvalue weighted by Crippen LogP contribution is -2.38. The summed E-state index contributed by atoms with van der Waals surface area (Å²) in [5.74, 6) is -0.684. The SMILES string of the molecule is CCC[n+]1cc(Br)cc(C(=O)NCCC(=O)N(CCOCCOC(=O)C2NCCc3ccccc32)c2ccccc2)c1. The summed E-state index contributed by atoms with van der Waals surface area (Å²) in [6, 6.07) is 18.5. The molecule has 2 amide bonds. The van der Waals surface area contributed by atoms with Gasteiger partial charge < -0.3 is 25.0 Å². The highest BCUT2D eigenvalue weighted by Gasteiger charge is 2.27. The summed E-state index contributed by atoms with van der Waals surface area (Å²) in [6.45, 7) is 4.75. The maximum Gasteiger partial charge on any atom is 0.327 e. The Hall–Kier alpha value is -3.60. The van der Waals surface area contributed by atoms with E-state index in [9.17, 15) is 14.4 Å². The predicted molar refractivity (Wildman–Crippen MR) is 163 cm³/mol. The molecule has 0 fully saturated rings. The number of pyridine rings is 1. The number of halogens is 1. The first-order chi connectivity index (χ1) is 20.5. The molecule has 9 nitrogen and oxygen atoms in total. The van der Waals surface area contributed by atoms with Crippen molar-refractivity contribution in [3.8, 4) is 0 Å². The molecule has 0 bridgehead atoms. The number of para-hydroxylation sites is 1. The number of hydrogen-bond acceptors (Lipinski definition) is 6. The maximum absolute atomic E-state index is 13.2. The first-order valence-corrected chi connectivity index (χ1v) is 15.1. The second kappa shape index (κ2) is 16.1. The number of nitrogens with one attached hydrogen (secondary N) is 2. The molecule has 0 aliphatic carbocycles. The van der Waals surface area contributed by atoms with Crippen LogP contribution in [0.3, 0.4) is 0 Å². The number of aromatic nitrogens is 1. The highest BCUT2D eigenvalue weighted by atomic mass is 79.9. The summed E-state index contributed by atoms with van der Waals surface area (Å²) >= 11 is 3.46. The molecular formula is C32H38BrN4O5+. The van der Waals surface area contributed by atoms with Crippen LogP contribution < -0.4 is 20.1 Å². The Kier molecular flexibility index (Phi) is 12.0. The van der Waals surface area contributed by atoms with Crippen LogP contribution in [0.5, 0.6) is 0 Å². The number of amides is 2. The standard InChI is InChI=1S/C32H37BrN4O5/c1-2-16-36-22-25(21-26(33)23-36)31(39)35-15-13-29(38)37(27-9-4-3-5-10-27)17-18-41-19-20-42-32(40)30-28-11-7-6-8-24(28)12-14-34-30/h3-11,21-23,30,34H,2,12-20H2,1H3/p+1. The van der Waals surface area contributed by atoms with Crippen LogP contribution in [0.15, 0.2) is 77.5 Å². The van der Waals surface area contributed by atoms with Crippen LogP contribution in [0.25, 0.3) is 0 Å². The molecule has 1 aliphatic heterocycles. The Bertz CT molecular complexity index is 1350. The Morgan fingerprint density at radius 2 is 1.83 bits per heavy atom. The minimum Gasteiger partial charge on any atom is -0.462 e. The number of rotatable bonds is 14. The normalized spacial score (nSPS) is 14.1. The lowest BCUT2D eigenvalue weighted by Gasteiger charge is -2.25. The van der Waals surface area contributed by atoms with Gasteiger partial charge in [0.1, 0.15) is 24.8 Å². The smallest absolute Gasteiger partial charge is 0.327 e. The summed E-state index contributed by atoms with van der Waals surface area (Å²) in [6.07, 6.45) is 5.71. The molecule has 3 aromatic rings. The molecule has 42 heavy (non-hydrogen) atoms. The minimum atomic E-state index is -0.470. The summed E-state index contributed by atoms with van der Waals surface area (Å²) < 4.78 is 14.0. The molecule has 1 unspecified atom stereocenters. The van der Waals surface area contributed by atoms with Gasteiger partial charge in [-0.05, 0) is 51.7 Å². The van der Waals surface area contributed by atoms with Gasteiger partial charge in [0.25, 0.3) is 5.91 Å². The summed E-state index contributed by atoms with van der Waals surface area (Å²) in [5, 5.41) is 6.08. The van der Waals surface area contributed by atoms with Crippen LogP contribution in [0, 0.1) is 0 Å². The van der Waals surface area contributed by atoms with Gasteiger partial charge in [-0.3, -0.25) is 9.59 Å². The first kappa shape index (κ1) is 31.3. The molecule has 222 valence electrons. The fourth-order valence-corrected chi connectivity index (χ4v) is 5.40. The van der Waals surface area contributed by atoms with Gasteiger partial charge in [-0.2, -0.15) is 0 Å². The molecule has 2 aromatic carbocycles. The molecule has 1 atom stereocenters. The number of fused-ring (bicyclic) bond motifs is 1. The number of benzene rings is 2. The zero-order chi connectivity index (χ0) is 29.7. The number of ether oxygens (including phenoxy) is 2. The van der Waals surface area contributed by atoms with Gasteiger partial charge in [0.05, 0.1) is 17.7 Å². The van der Waals surface area contributed by atoms with Crippen molar-refractivity contribution >= 4 is 39.4 Å². The molecule has 10 heteroatoms. The molecule has 4 rings (SSSR count). The van der Waals surface area contributed by atoms with E-state index in [0.717, 1.165) is 47.2 Å². The van der Waals surface area contributed by atoms with E-state index in [1.165, 1.54) is 0 Å². The molecule has 0 saturated carbocycles. The maximum atomic E-state index is 13.2. The molecule has 2 N–H and O–H groups in total. The van der Waals surface area contributed by atoms with Crippen molar-refractivity contribution in [2.45, 2.75) is 38.8 Å². The zero-order valence-electron chi connectivity index (χ0n) is 23.9. The Morgan fingerprint density at radius 1 is 1.05 bits per heavy atom. The van der Waals surface area contributed by atoms with Gasteiger partial charge in [0, 0.05) is 38.2 Å². The van der Waals surface area contributed by atoms with Crippen LogP contribution in [-0.2, 0) is 32.0 Å². The number of carbonyl (C=O) groups excluding carboxylic acids is 3. The van der Waals surface area contributed by atoms with Crippen molar-refractivity contribution < 1.29 is 28.4 Å². The van der Waals surface area contributed by atoms with Crippen molar-refractivity contribution in [3.63, 3.8) is 0 Å². The Labute approximate surface area is 255 Å². The second-order valence-corrected chi connectivity index (χ2v) is 10.9. The van der Waals surface area contributed by atoms with Crippen molar-refractivity contribution in [3.05, 3.63) is 94.2 Å². The van der Waals surface area contributed by atoms with Crippen molar-refractivity contribution in [1.29, 1.82) is 0 Å². The van der Waals surface area contributed by atoms with Crippen molar-refractivity contribution in [2.75, 3.05) is 44.4 Å². The van der Waals surface area contributed by atoms with E-state index in [1.54, 1.807) is 17.2 Å². The fraction of sp³-hybridized carbons (Fsp3) is 0.375. The van der Waals surface area contributed by atoms with Crippen LogP contribution in [0.4, 0.5) is 5.69 Å². The molecule has 1 aliphatic rings. The minimum absolute atomic E-state index is 0.123. The molecule has 2 heterocycles. The van der Waals surface area contributed by atoms with Crippen LogP contribution in [-0.4, -0.2) is 57.2 Å². The molecular weight excluding hydrogens is 600 g/mol. The predicted octanol–water partition coefficient (Wildman–Crippen LogP) is 3.75. The molecule has 0 radical (unpaired) electrons. The summed E-state index contributed by atoms with van der Waals surface area (Å²) in [5.41, 5.74) is 3.40. The lowest BCUT2D eigenvalue weighted by molar-refractivity contribution is -0.697. The first-order valence-electron chi connectivity index (χ1n) is 14.3. The van der Waals surface area contributed by atoms with Gasteiger partial charge in [-0.15, -0.1) is 0 Å². The van der Waals surface area contributed by atoms with Crippen molar-refractivity contribution in [2.24, 2.45) is 0 Å². The third-order valence-electron chi connectivity index (χ3n) is 6.90. The topological polar surface area (TPSA) is 101 Å². The summed E-state index contributed by atoms with van der Waals surface area (Å²) in [7, 11) is 0. The van der Waals surface area contributed by atoms with E-state index in [2.05, 4.69) is 33.5 Å². The third-order valence-corrected chi connectivity index (χ3v) is 7.33. The molecule has 1 aromatic heterocycles. The highest BCUT2D eigenvalue weighted by molar-refractivity contribution is 9.10. The van der Waals surface area contributed by atoms with Crippen molar-refractivity contribution in [1.82, 2.24) is 10.6 Å². The van der Waals surface area contributed by atoms with Crippen LogP contribution in [0.2, 0.25) is 0 Å². The van der Waals surface area contributed by atoms with E-state index in [4.69, 9.17) is 9.47 Å². The number of esters is 1. The number of nitrogens with zero attached hydrogens (tertiary/aromatic N) is 2. The quantitative estimate of drug-likeness (QED) is 0.159. The second-order valence-electron chi connectivity index (χ2n) is 9.98. The monoisotopic (exact) mass is 637 g/mol. The van der Waals surface area contributed by atoms with E-state index in [1.807, 2.05) is 65.4 Å². The number of hydrogen-bond donors (Lipinski definition) is 2. The number of aryl methyl sites for hydroxylation is 1. The number of anilines is 1. The van der Waals surface area contributed by atoms with E-state index in [-0.39, 0.29) is 50.6 Å². The van der Waals surface area contributed by atoms with Gasteiger partial charge >= 0.3 is 5.97 Å². The Balaban J connectivity index is 1.22. The van der Waals surface area contributed by atoms with E-state index >= 15 is 0 Å². The number of carbonyl (C=O) groups is 3. The van der Waals surface area contributed by atoms with E-state index in [0.29, 0.717) is 12.1 Å². The average Bonchev–Trinajstić information content (AvgIpc) is 3.00. The van der Waals surface area contributed by atoms with E-state index < -0.39 is 6.04 Å². The highest BCUT2D eigenvalue weighted by Crippen LogP contribution is 2.23.